The fourth-order valence-electron chi connectivity index (χ4n) is 6.21. The Morgan fingerprint density at radius 2 is 1.89 bits per heavy atom. The van der Waals surface area contributed by atoms with E-state index in [0.717, 1.165) is 45.4 Å². The van der Waals surface area contributed by atoms with Crippen molar-refractivity contribution >= 4 is 5.97 Å². The molecule has 2 fully saturated rings. The molecule has 6 nitrogen and oxygen atoms in total. The highest BCUT2D eigenvalue weighted by Crippen LogP contribution is 2.61. The van der Waals surface area contributed by atoms with Crippen LogP contribution in [0.2, 0.25) is 0 Å². The summed E-state index contributed by atoms with van der Waals surface area (Å²) in [6.07, 6.45) is 3.30. The van der Waals surface area contributed by atoms with E-state index in [4.69, 9.17) is 14.2 Å². The van der Waals surface area contributed by atoms with Gasteiger partial charge in [-0.1, -0.05) is 18.2 Å². The van der Waals surface area contributed by atoms with Gasteiger partial charge in [-0.3, -0.25) is 4.79 Å². The predicted octanol–water partition coefficient (Wildman–Crippen LogP) is 5.81. The fraction of sp³-hybridized carbons (Fsp3) is 0.419. The van der Waals surface area contributed by atoms with E-state index < -0.39 is 11.6 Å². The smallest absolute Gasteiger partial charge is 0.307 e. The van der Waals surface area contributed by atoms with Gasteiger partial charge in [0.2, 0.25) is 5.88 Å². The number of pyridine rings is 1. The van der Waals surface area contributed by atoms with Crippen LogP contribution in [0.25, 0.3) is 11.1 Å². The number of ether oxygens (including phenoxy) is 3. The number of alkyl halides is 1. The van der Waals surface area contributed by atoms with Gasteiger partial charge in [-0.05, 0) is 83.3 Å². The molecule has 1 saturated heterocycles. The number of aryl methyl sites for hydroxylation is 2. The largest absolute Gasteiger partial charge is 0.490 e. The lowest BCUT2D eigenvalue weighted by Crippen LogP contribution is -2.37. The number of carboxylic acids is 1. The van der Waals surface area contributed by atoms with Gasteiger partial charge in [0.1, 0.15) is 24.6 Å². The minimum atomic E-state index is -1.33. The lowest BCUT2D eigenvalue weighted by atomic mass is 9.94. The average molecular weight is 518 g/mol. The Labute approximate surface area is 221 Å². The topological polar surface area (TPSA) is 77.9 Å². The van der Waals surface area contributed by atoms with Crippen LogP contribution in [0, 0.1) is 25.7 Å². The van der Waals surface area contributed by atoms with Crippen LogP contribution >= 0.6 is 0 Å². The van der Waals surface area contributed by atoms with E-state index in [0.29, 0.717) is 44.3 Å². The molecule has 7 heteroatoms. The number of hydrogen-bond acceptors (Lipinski definition) is 5. The van der Waals surface area contributed by atoms with Crippen molar-refractivity contribution in [2.24, 2.45) is 11.8 Å². The summed E-state index contributed by atoms with van der Waals surface area (Å²) in [7, 11) is 0. The molecule has 0 radical (unpaired) electrons. The number of aliphatic carboxylic acids is 1. The van der Waals surface area contributed by atoms with Crippen LogP contribution in [0.3, 0.4) is 0 Å². The van der Waals surface area contributed by atoms with Crippen molar-refractivity contribution in [3.8, 4) is 22.8 Å². The Morgan fingerprint density at radius 1 is 1.13 bits per heavy atom. The number of benzene rings is 2. The molecule has 0 spiro atoms. The van der Waals surface area contributed by atoms with Gasteiger partial charge >= 0.3 is 5.97 Å². The molecule has 198 valence electrons. The van der Waals surface area contributed by atoms with Gasteiger partial charge in [0.25, 0.3) is 0 Å². The van der Waals surface area contributed by atoms with Crippen molar-refractivity contribution in [1.29, 1.82) is 0 Å². The summed E-state index contributed by atoms with van der Waals surface area (Å²) in [5, 5.41) is 9.32. The molecule has 3 atom stereocenters. The second-order valence-corrected chi connectivity index (χ2v) is 11.0. The first-order valence-electron chi connectivity index (χ1n) is 13.3. The maximum Gasteiger partial charge on any atom is 0.307 e. The summed E-state index contributed by atoms with van der Waals surface area (Å²) in [4.78, 5) is 15.8. The Bertz CT molecular complexity index is 1360. The van der Waals surface area contributed by atoms with E-state index in [-0.39, 0.29) is 24.4 Å². The summed E-state index contributed by atoms with van der Waals surface area (Å²) in [6, 6.07) is 14.2. The lowest BCUT2D eigenvalue weighted by molar-refractivity contribution is -0.139. The van der Waals surface area contributed by atoms with E-state index in [1.54, 1.807) is 6.20 Å². The zero-order chi connectivity index (χ0) is 26.4. The van der Waals surface area contributed by atoms with Crippen molar-refractivity contribution in [2.45, 2.75) is 51.3 Å². The molecule has 3 aliphatic rings. The van der Waals surface area contributed by atoms with Gasteiger partial charge in [-0.25, -0.2) is 9.37 Å². The number of carboxylic acid groups (broad SMARTS) is 1. The fourth-order valence-corrected chi connectivity index (χ4v) is 6.21. The quantitative estimate of drug-likeness (QED) is 0.406. The van der Waals surface area contributed by atoms with Crippen LogP contribution < -0.4 is 9.47 Å². The zero-order valence-corrected chi connectivity index (χ0v) is 21.7. The van der Waals surface area contributed by atoms with Crippen molar-refractivity contribution in [1.82, 2.24) is 4.98 Å². The minimum Gasteiger partial charge on any atom is -0.490 e. The van der Waals surface area contributed by atoms with Gasteiger partial charge in [-0.15, -0.1) is 0 Å². The average Bonchev–Trinajstić information content (AvgIpc) is 3.49. The van der Waals surface area contributed by atoms with Crippen LogP contribution in [0.4, 0.5) is 4.39 Å². The molecule has 38 heavy (non-hydrogen) atoms. The molecule has 0 unspecified atom stereocenters. The monoisotopic (exact) mass is 517 g/mol. The Hall–Kier alpha value is -3.45. The van der Waals surface area contributed by atoms with Gasteiger partial charge in [0, 0.05) is 44.2 Å². The molecule has 1 aliphatic heterocycles. The second-order valence-electron chi connectivity index (χ2n) is 11.0. The number of halogens is 1. The highest BCUT2D eigenvalue weighted by atomic mass is 19.1. The van der Waals surface area contributed by atoms with Crippen molar-refractivity contribution in [3.63, 3.8) is 0 Å². The van der Waals surface area contributed by atoms with Gasteiger partial charge in [0.15, 0.2) is 0 Å². The Balaban J connectivity index is 1.12. The van der Waals surface area contributed by atoms with Gasteiger partial charge < -0.3 is 19.3 Å². The summed E-state index contributed by atoms with van der Waals surface area (Å²) in [6.45, 7) is 5.39. The number of carbonyl (C=O) groups is 1. The summed E-state index contributed by atoms with van der Waals surface area (Å²) in [5.74, 6) is 0.608. The molecule has 1 aromatic heterocycles. The van der Waals surface area contributed by atoms with Crippen molar-refractivity contribution in [2.75, 3.05) is 19.8 Å². The number of hydrogen-bond donors (Lipinski definition) is 1. The van der Waals surface area contributed by atoms with Crippen LogP contribution in [-0.2, 0) is 22.6 Å². The summed E-state index contributed by atoms with van der Waals surface area (Å²) in [5.41, 5.74) is 6.25. The molecular weight excluding hydrogens is 485 g/mol. The van der Waals surface area contributed by atoms with Gasteiger partial charge in [0.05, 0.1) is 5.92 Å². The molecule has 0 bridgehead atoms. The number of nitrogens with zero attached hydrogens (tertiary/aromatic N) is 1. The first-order chi connectivity index (χ1) is 18.3. The SMILES string of the molecule is Cc1cc(OCC2(F)CCOCC2)cc(C)c1-c1cccc(COc2cc3c(cn2)[C@H]2[C@@H](C3)[C@@H]2C(=O)O)c1. The molecule has 1 N–H and O–H groups in total. The third kappa shape index (κ3) is 4.75. The van der Waals surface area contributed by atoms with Crippen LogP contribution in [0.15, 0.2) is 48.7 Å². The summed E-state index contributed by atoms with van der Waals surface area (Å²) < 4.78 is 32.1. The summed E-state index contributed by atoms with van der Waals surface area (Å²) >= 11 is 0. The minimum absolute atomic E-state index is 0.0413. The number of fused-ring (bicyclic) bond motifs is 3. The maximum absolute atomic E-state index is 14.9. The normalized spacial score (nSPS) is 22.9. The molecule has 6 rings (SSSR count). The lowest BCUT2D eigenvalue weighted by Gasteiger charge is -2.29. The maximum atomic E-state index is 14.9. The van der Waals surface area contributed by atoms with Gasteiger partial charge in [-0.2, -0.15) is 0 Å². The van der Waals surface area contributed by atoms with Crippen LogP contribution in [-0.4, -0.2) is 41.5 Å². The molecule has 2 heterocycles. The predicted molar refractivity (Wildman–Crippen MR) is 140 cm³/mol. The molecule has 2 aliphatic carbocycles. The van der Waals surface area contributed by atoms with E-state index in [1.807, 2.05) is 44.2 Å². The first-order valence-corrected chi connectivity index (χ1v) is 13.3. The highest BCUT2D eigenvalue weighted by Gasteiger charge is 2.59. The third-order valence-corrected chi connectivity index (χ3v) is 8.26. The van der Waals surface area contributed by atoms with Crippen molar-refractivity contribution in [3.05, 3.63) is 76.5 Å². The third-order valence-electron chi connectivity index (χ3n) is 8.26. The number of aromatic nitrogens is 1. The Morgan fingerprint density at radius 3 is 2.63 bits per heavy atom. The van der Waals surface area contributed by atoms with E-state index >= 15 is 0 Å². The second kappa shape index (κ2) is 9.70. The zero-order valence-electron chi connectivity index (χ0n) is 21.7. The first kappa shape index (κ1) is 24.9. The van der Waals surface area contributed by atoms with Crippen molar-refractivity contribution < 1.29 is 28.5 Å². The molecule has 0 amide bonds. The highest BCUT2D eigenvalue weighted by molar-refractivity contribution is 5.77. The molecule has 1 saturated carbocycles. The van der Waals surface area contributed by atoms with E-state index in [2.05, 4.69) is 17.1 Å². The van der Waals surface area contributed by atoms with E-state index in [1.165, 1.54) is 0 Å². The Kier molecular flexibility index (Phi) is 6.34. The van der Waals surface area contributed by atoms with E-state index in [9.17, 15) is 14.3 Å². The molecular formula is C31H32FNO5. The molecule has 2 aromatic carbocycles. The van der Waals surface area contributed by atoms with Crippen LogP contribution in [0.1, 0.15) is 46.6 Å². The molecule has 3 aromatic rings. The standard InChI is InChI=1S/C31H32FNO5/c1-18-10-23(38-17-31(32)6-8-36-9-7-31)11-19(2)27(18)21-5-3-4-20(12-21)16-37-26-14-22-13-24-28(25(22)15-33-26)29(24)30(34)35/h3-5,10-12,14-15,24,28-29H,6-9,13,16-17H2,1-2H3,(H,34,35)/t24-,28-,29+/m1/s1. The van der Waals surface area contributed by atoms with Crippen LogP contribution in [0.5, 0.6) is 11.6 Å². The number of rotatable bonds is 8.